The van der Waals surface area contributed by atoms with Crippen LogP contribution in [0.15, 0.2) is 18.0 Å². The molecule has 1 amide bonds. The van der Waals surface area contributed by atoms with Gasteiger partial charge < -0.3 is 9.80 Å². The van der Waals surface area contributed by atoms with Crippen LogP contribution in [-0.4, -0.2) is 45.0 Å². The van der Waals surface area contributed by atoms with E-state index in [1.807, 2.05) is 11.0 Å². The highest BCUT2D eigenvalue weighted by Gasteiger charge is 2.46. The van der Waals surface area contributed by atoms with E-state index in [1.54, 1.807) is 0 Å². The van der Waals surface area contributed by atoms with Crippen molar-refractivity contribution in [3.8, 4) is 0 Å². The molecule has 1 saturated carbocycles. The second kappa shape index (κ2) is 3.65. The van der Waals surface area contributed by atoms with Gasteiger partial charge in [0.1, 0.15) is 0 Å². The Kier molecular flexibility index (Phi) is 2.00. The zero-order valence-corrected chi connectivity index (χ0v) is 11.4. The molecule has 0 aromatic carbocycles. The van der Waals surface area contributed by atoms with Gasteiger partial charge in [-0.1, -0.05) is 0 Å². The van der Waals surface area contributed by atoms with Crippen molar-refractivity contribution in [3.63, 3.8) is 0 Å². The van der Waals surface area contributed by atoms with Crippen molar-refractivity contribution in [2.75, 3.05) is 13.1 Å². The van der Waals surface area contributed by atoms with Crippen LogP contribution in [-0.2, 0) is 0 Å². The Morgan fingerprint density at radius 3 is 3.05 bits per heavy atom. The van der Waals surface area contributed by atoms with E-state index in [1.165, 1.54) is 25.0 Å². The molecule has 5 heteroatoms. The first-order valence-electron chi connectivity index (χ1n) is 7.64. The second-order valence-corrected chi connectivity index (χ2v) is 6.58. The molecule has 1 saturated heterocycles. The largest absolute Gasteiger partial charge is 0.374 e. The molecule has 1 N–H and O–H groups in total. The average Bonchev–Trinajstić information content (AvgIpc) is 3.17. The average molecular weight is 270 g/mol. The van der Waals surface area contributed by atoms with Crippen LogP contribution in [0, 0.1) is 5.92 Å². The van der Waals surface area contributed by atoms with E-state index >= 15 is 0 Å². The zero-order chi connectivity index (χ0) is 13.3. The van der Waals surface area contributed by atoms with E-state index < -0.39 is 0 Å². The molecule has 104 valence electrons. The Balaban J connectivity index is 1.47. The second-order valence-electron chi connectivity index (χ2n) is 6.58. The lowest BCUT2D eigenvalue weighted by Gasteiger charge is -2.38. The number of amides is 1. The molecule has 5 rings (SSSR count). The van der Waals surface area contributed by atoms with Crippen LogP contribution in [0.1, 0.15) is 47.8 Å². The number of carbonyl (C=O) groups is 1. The summed E-state index contributed by atoms with van der Waals surface area (Å²) in [5.41, 5.74) is 2.96. The lowest BCUT2D eigenvalue weighted by atomic mass is 9.99. The van der Waals surface area contributed by atoms with E-state index in [-0.39, 0.29) is 5.91 Å². The van der Waals surface area contributed by atoms with Crippen molar-refractivity contribution >= 4 is 5.91 Å². The molecule has 0 radical (unpaired) electrons. The van der Waals surface area contributed by atoms with Crippen molar-refractivity contribution in [2.45, 2.75) is 37.6 Å². The predicted molar refractivity (Wildman–Crippen MR) is 72.9 cm³/mol. The van der Waals surface area contributed by atoms with Crippen LogP contribution in [0.3, 0.4) is 0 Å². The standard InChI is InChI=1S/C15H18N4O/c20-15(13-6-12(16-17-13)9-1-2-9)19-11-5-10-3-4-18(7-11)8-14(10)19/h6,8-11H,1-5,7H2,(H,16,17)/t10-,11-/m1/s1. The molecule has 4 aliphatic rings. The summed E-state index contributed by atoms with van der Waals surface area (Å²) in [7, 11) is 0. The summed E-state index contributed by atoms with van der Waals surface area (Å²) in [5.74, 6) is 1.29. The number of H-pyrrole nitrogens is 1. The molecule has 3 bridgehead atoms. The van der Waals surface area contributed by atoms with E-state index in [4.69, 9.17) is 0 Å². The maximum atomic E-state index is 12.8. The summed E-state index contributed by atoms with van der Waals surface area (Å²) in [6.07, 6.45) is 6.98. The molecule has 2 fully saturated rings. The number of rotatable bonds is 2. The Labute approximate surface area is 117 Å². The third-order valence-corrected chi connectivity index (χ3v) is 5.20. The number of carbonyl (C=O) groups excluding carboxylic acids is 1. The molecule has 0 unspecified atom stereocenters. The molecule has 0 spiro atoms. The number of fused-ring (bicyclic) bond motifs is 2. The third-order valence-electron chi connectivity index (χ3n) is 5.20. The molecule has 3 aliphatic heterocycles. The normalized spacial score (nSPS) is 30.9. The van der Waals surface area contributed by atoms with E-state index in [0.717, 1.165) is 25.2 Å². The summed E-state index contributed by atoms with van der Waals surface area (Å²) in [4.78, 5) is 17.2. The summed E-state index contributed by atoms with van der Waals surface area (Å²) in [5, 5.41) is 7.30. The van der Waals surface area contributed by atoms with Gasteiger partial charge in [0.2, 0.25) is 0 Å². The van der Waals surface area contributed by atoms with Gasteiger partial charge in [0.25, 0.3) is 5.91 Å². The van der Waals surface area contributed by atoms with Gasteiger partial charge in [-0.05, 0) is 31.7 Å². The quantitative estimate of drug-likeness (QED) is 0.889. The summed E-state index contributed by atoms with van der Waals surface area (Å²) in [6.45, 7) is 2.15. The first-order valence-corrected chi connectivity index (χ1v) is 7.64. The first-order chi connectivity index (χ1) is 9.79. The van der Waals surface area contributed by atoms with Crippen molar-refractivity contribution in [3.05, 3.63) is 29.4 Å². The Morgan fingerprint density at radius 1 is 1.30 bits per heavy atom. The van der Waals surface area contributed by atoms with Gasteiger partial charge in [0, 0.05) is 42.5 Å². The van der Waals surface area contributed by atoms with E-state index in [0.29, 0.717) is 23.6 Å². The van der Waals surface area contributed by atoms with Gasteiger partial charge in [-0.2, -0.15) is 5.10 Å². The minimum absolute atomic E-state index is 0.0912. The monoisotopic (exact) mass is 270 g/mol. The van der Waals surface area contributed by atoms with Crippen LogP contribution in [0.2, 0.25) is 0 Å². The van der Waals surface area contributed by atoms with Gasteiger partial charge in [-0.3, -0.25) is 9.89 Å². The molecular formula is C15H18N4O. The fourth-order valence-corrected chi connectivity index (χ4v) is 4.00. The minimum Gasteiger partial charge on any atom is -0.374 e. The summed E-state index contributed by atoms with van der Waals surface area (Å²) < 4.78 is 0. The number of aromatic amines is 1. The van der Waals surface area contributed by atoms with Gasteiger partial charge in [0.15, 0.2) is 5.69 Å². The first kappa shape index (κ1) is 10.9. The Bertz CT molecular complexity index is 613. The number of hydrogen-bond donors (Lipinski definition) is 1. The highest BCUT2D eigenvalue weighted by Crippen LogP contribution is 2.43. The van der Waals surface area contributed by atoms with Crippen molar-refractivity contribution < 1.29 is 4.79 Å². The Morgan fingerprint density at radius 2 is 2.20 bits per heavy atom. The highest BCUT2D eigenvalue weighted by molar-refractivity contribution is 5.94. The van der Waals surface area contributed by atoms with Crippen LogP contribution < -0.4 is 0 Å². The van der Waals surface area contributed by atoms with E-state index in [9.17, 15) is 4.79 Å². The Hall–Kier alpha value is -1.78. The van der Waals surface area contributed by atoms with Crippen LogP contribution in [0.5, 0.6) is 0 Å². The van der Waals surface area contributed by atoms with E-state index in [2.05, 4.69) is 21.3 Å². The van der Waals surface area contributed by atoms with Crippen molar-refractivity contribution in [2.24, 2.45) is 5.92 Å². The molecule has 1 aliphatic carbocycles. The molecule has 5 nitrogen and oxygen atoms in total. The number of hydrogen-bond acceptors (Lipinski definition) is 3. The molecular weight excluding hydrogens is 252 g/mol. The van der Waals surface area contributed by atoms with Gasteiger partial charge in [-0.15, -0.1) is 0 Å². The lowest BCUT2D eigenvalue weighted by Crippen LogP contribution is -2.46. The van der Waals surface area contributed by atoms with Crippen LogP contribution in [0.4, 0.5) is 0 Å². The zero-order valence-electron chi connectivity index (χ0n) is 11.4. The maximum Gasteiger partial charge on any atom is 0.278 e. The topological polar surface area (TPSA) is 52.2 Å². The lowest BCUT2D eigenvalue weighted by molar-refractivity contribution is 0.0714. The number of nitrogens with one attached hydrogen (secondary N) is 1. The smallest absolute Gasteiger partial charge is 0.278 e. The predicted octanol–water partition coefficient (Wildman–Crippen LogP) is 1.68. The molecule has 20 heavy (non-hydrogen) atoms. The molecule has 2 atom stereocenters. The fraction of sp³-hybridized carbons (Fsp3) is 0.600. The molecule has 1 aromatic heterocycles. The van der Waals surface area contributed by atoms with Crippen molar-refractivity contribution in [1.82, 2.24) is 20.0 Å². The fourth-order valence-electron chi connectivity index (χ4n) is 4.00. The molecule has 4 heterocycles. The van der Waals surface area contributed by atoms with Crippen LogP contribution in [0.25, 0.3) is 0 Å². The third kappa shape index (κ3) is 1.43. The molecule has 1 aromatic rings. The van der Waals surface area contributed by atoms with Crippen molar-refractivity contribution in [1.29, 1.82) is 0 Å². The highest BCUT2D eigenvalue weighted by atomic mass is 16.2. The van der Waals surface area contributed by atoms with Gasteiger partial charge >= 0.3 is 0 Å². The number of aromatic nitrogens is 2. The van der Waals surface area contributed by atoms with Gasteiger partial charge in [0.05, 0.1) is 6.04 Å². The number of allylic oxidation sites excluding steroid dienone is 1. The number of nitrogens with zero attached hydrogens (tertiary/aromatic N) is 3. The minimum atomic E-state index is 0.0912. The summed E-state index contributed by atoms with van der Waals surface area (Å²) in [6, 6.07) is 2.32. The SMILES string of the molecule is O=C(c1cc(C2CC2)[nH]n1)N1C2=CN3CC[C@@H]2C[C@@H]1C3. The summed E-state index contributed by atoms with van der Waals surface area (Å²) >= 11 is 0. The maximum absolute atomic E-state index is 12.8. The van der Waals surface area contributed by atoms with Gasteiger partial charge in [-0.25, -0.2) is 0 Å². The van der Waals surface area contributed by atoms with Crippen LogP contribution >= 0.6 is 0 Å².